The van der Waals surface area contributed by atoms with Gasteiger partial charge in [0.25, 0.3) is 5.91 Å². The van der Waals surface area contributed by atoms with Crippen molar-refractivity contribution in [3.63, 3.8) is 0 Å². The van der Waals surface area contributed by atoms with Crippen molar-refractivity contribution in [2.24, 2.45) is 0 Å². The van der Waals surface area contributed by atoms with Crippen molar-refractivity contribution in [1.82, 2.24) is 20.5 Å². The summed E-state index contributed by atoms with van der Waals surface area (Å²) in [7, 11) is 0. The molecule has 0 bridgehead atoms. The lowest BCUT2D eigenvalue weighted by atomic mass is 10.1. The fraction of sp³-hybridized carbons (Fsp3) is 0.533. The zero-order chi connectivity index (χ0) is 28.9. The van der Waals surface area contributed by atoms with Crippen molar-refractivity contribution in [3.8, 4) is 0 Å². The van der Waals surface area contributed by atoms with Gasteiger partial charge in [0, 0.05) is 45.2 Å². The zero-order valence-corrected chi connectivity index (χ0v) is 24.2. The van der Waals surface area contributed by atoms with E-state index in [-0.39, 0.29) is 30.6 Å². The maximum atomic E-state index is 13.1. The molecule has 11 heteroatoms. The number of pyridine rings is 1. The summed E-state index contributed by atoms with van der Waals surface area (Å²) in [5.74, 6) is 0.199. The number of carbonyl (C=O) groups is 3. The molecule has 0 spiro atoms. The number of anilines is 1. The molecule has 1 unspecified atom stereocenters. The summed E-state index contributed by atoms with van der Waals surface area (Å²) in [4.78, 5) is 44.0. The highest BCUT2D eigenvalue weighted by Gasteiger charge is 2.29. The largest absolute Gasteiger partial charge is 0.445 e. The molecule has 2 fully saturated rings. The molecular formula is C30H40ClN5O5. The minimum atomic E-state index is -0.504. The van der Waals surface area contributed by atoms with Crippen molar-refractivity contribution in [2.75, 3.05) is 38.1 Å². The molecule has 3 amide bonds. The lowest BCUT2D eigenvalue weighted by Gasteiger charge is -2.25. The van der Waals surface area contributed by atoms with E-state index in [2.05, 4.69) is 20.9 Å². The van der Waals surface area contributed by atoms with Gasteiger partial charge in [-0.05, 0) is 62.6 Å². The molecule has 0 radical (unpaired) electrons. The first kappa shape index (κ1) is 30.6. The van der Waals surface area contributed by atoms with Crippen LogP contribution in [-0.2, 0) is 20.9 Å². The lowest BCUT2D eigenvalue weighted by Crippen LogP contribution is -2.43. The number of rotatable bonds is 13. The van der Waals surface area contributed by atoms with E-state index < -0.39 is 6.09 Å². The Labute approximate surface area is 246 Å². The second-order valence-corrected chi connectivity index (χ2v) is 10.8. The van der Waals surface area contributed by atoms with Crippen LogP contribution in [0, 0.1) is 0 Å². The molecule has 222 valence electrons. The van der Waals surface area contributed by atoms with Crippen LogP contribution in [0.4, 0.5) is 10.6 Å². The van der Waals surface area contributed by atoms with Crippen molar-refractivity contribution < 1.29 is 23.9 Å². The van der Waals surface area contributed by atoms with E-state index >= 15 is 0 Å². The van der Waals surface area contributed by atoms with E-state index in [0.29, 0.717) is 55.6 Å². The Hall–Kier alpha value is -3.37. The van der Waals surface area contributed by atoms with Crippen LogP contribution in [0.1, 0.15) is 67.3 Å². The molecule has 2 aliphatic heterocycles. The van der Waals surface area contributed by atoms with Gasteiger partial charge in [0.1, 0.15) is 17.6 Å². The van der Waals surface area contributed by atoms with E-state index in [1.54, 1.807) is 12.1 Å². The van der Waals surface area contributed by atoms with Gasteiger partial charge >= 0.3 is 6.09 Å². The number of likely N-dealkylation sites (tertiary alicyclic amines) is 1. The van der Waals surface area contributed by atoms with Gasteiger partial charge < -0.3 is 30.3 Å². The van der Waals surface area contributed by atoms with E-state index in [0.717, 1.165) is 44.3 Å². The van der Waals surface area contributed by atoms with Crippen LogP contribution < -0.4 is 16.0 Å². The molecule has 4 rings (SSSR count). The first-order valence-corrected chi connectivity index (χ1v) is 14.9. The van der Waals surface area contributed by atoms with Crippen LogP contribution in [0.25, 0.3) is 0 Å². The smallest absolute Gasteiger partial charge is 0.407 e. The number of halogens is 1. The van der Waals surface area contributed by atoms with Crippen LogP contribution in [0.5, 0.6) is 0 Å². The van der Waals surface area contributed by atoms with E-state index in [1.165, 1.54) is 6.42 Å². The van der Waals surface area contributed by atoms with Crippen LogP contribution >= 0.6 is 11.6 Å². The normalized spacial score (nSPS) is 18.5. The summed E-state index contributed by atoms with van der Waals surface area (Å²) in [6.45, 7) is 2.99. The Kier molecular flexibility index (Phi) is 12.1. The van der Waals surface area contributed by atoms with Crippen LogP contribution in [-0.4, -0.2) is 72.7 Å². The fourth-order valence-corrected chi connectivity index (χ4v) is 5.32. The van der Waals surface area contributed by atoms with Gasteiger partial charge in [0.05, 0.1) is 11.7 Å². The van der Waals surface area contributed by atoms with Crippen LogP contribution in [0.15, 0.2) is 42.5 Å². The number of hydrogen-bond donors (Lipinski definition) is 3. The summed E-state index contributed by atoms with van der Waals surface area (Å²) in [5, 5.41) is 9.23. The molecule has 2 aliphatic rings. The van der Waals surface area contributed by atoms with Crippen molar-refractivity contribution in [1.29, 1.82) is 0 Å². The molecule has 41 heavy (non-hydrogen) atoms. The predicted molar refractivity (Wildman–Crippen MR) is 157 cm³/mol. The van der Waals surface area contributed by atoms with Gasteiger partial charge in [0.15, 0.2) is 0 Å². The summed E-state index contributed by atoms with van der Waals surface area (Å²) >= 11 is 6.11. The number of amides is 3. The number of nitrogens with zero attached hydrogens (tertiary/aromatic N) is 2. The summed E-state index contributed by atoms with van der Waals surface area (Å²) in [5.41, 5.74) is 1.33. The van der Waals surface area contributed by atoms with Crippen LogP contribution in [0.2, 0.25) is 5.15 Å². The maximum Gasteiger partial charge on any atom is 0.407 e. The summed E-state index contributed by atoms with van der Waals surface area (Å²) in [6.07, 6.45) is 6.41. The lowest BCUT2D eigenvalue weighted by molar-refractivity contribution is -0.132. The second kappa shape index (κ2) is 16.2. The average Bonchev–Trinajstić information content (AvgIpc) is 3.47. The first-order chi connectivity index (χ1) is 20.0. The number of alkyl carbamates (subject to hydrolysis) is 1. The molecule has 1 aromatic heterocycles. The third kappa shape index (κ3) is 9.89. The average molecular weight is 586 g/mol. The number of ether oxygens (including phenoxy) is 2. The Morgan fingerprint density at radius 3 is 2.68 bits per heavy atom. The van der Waals surface area contributed by atoms with Gasteiger partial charge in [0.2, 0.25) is 5.91 Å². The molecule has 0 saturated carbocycles. The van der Waals surface area contributed by atoms with Gasteiger partial charge in [-0.1, -0.05) is 41.9 Å². The molecule has 0 aliphatic carbocycles. The maximum absolute atomic E-state index is 13.1. The minimum absolute atomic E-state index is 0.0154. The highest BCUT2D eigenvalue weighted by Crippen LogP contribution is 2.21. The van der Waals surface area contributed by atoms with E-state index in [9.17, 15) is 14.4 Å². The Bertz CT molecular complexity index is 1150. The highest BCUT2D eigenvalue weighted by molar-refractivity contribution is 6.29. The predicted octanol–water partition coefficient (Wildman–Crippen LogP) is 4.53. The molecule has 10 nitrogen and oxygen atoms in total. The topological polar surface area (TPSA) is 122 Å². The van der Waals surface area contributed by atoms with E-state index in [4.69, 9.17) is 21.1 Å². The van der Waals surface area contributed by atoms with Gasteiger partial charge in [-0.2, -0.15) is 0 Å². The molecule has 3 N–H and O–H groups in total. The Morgan fingerprint density at radius 1 is 1.02 bits per heavy atom. The number of hydrogen-bond acceptors (Lipinski definition) is 7. The summed E-state index contributed by atoms with van der Waals surface area (Å²) in [6, 6.07) is 12.6. The molecule has 2 atom stereocenters. The van der Waals surface area contributed by atoms with Gasteiger partial charge in [-0.3, -0.25) is 9.59 Å². The molecule has 2 saturated heterocycles. The summed E-state index contributed by atoms with van der Waals surface area (Å²) < 4.78 is 11.0. The molecular weight excluding hydrogens is 546 g/mol. The number of aromatic nitrogens is 1. The molecule has 3 heterocycles. The van der Waals surface area contributed by atoms with Crippen molar-refractivity contribution >= 4 is 35.3 Å². The Morgan fingerprint density at radius 2 is 1.88 bits per heavy atom. The third-order valence-corrected chi connectivity index (χ3v) is 7.59. The third-order valence-electron chi connectivity index (χ3n) is 7.38. The van der Waals surface area contributed by atoms with Gasteiger partial charge in [-0.15, -0.1) is 0 Å². The van der Waals surface area contributed by atoms with E-state index in [1.807, 2.05) is 35.2 Å². The quantitative estimate of drug-likeness (QED) is 0.233. The monoisotopic (exact) mass is 585 g/mol. The number of benzene rings is 1. The molecule has 1 aromatic carbocycles. The molecule has 2 aromatic rings. The minimum Gasteiger partial charge on any atom is -0.445 e. The second-order valence-electron chi connectivity index (χ2n) is 10.4. The zero-order valence-electron chi connectivity index (χ0n) is 23.4. The number of carbonyl (C=O) groups excluding carboxylic acids is 3. The highest BCUT2D eigenvalue weighted by atomic mass is 35.5. The van der Waals surface area contributed by atoms with Crippen molar-refractivity contribution in [2.45, 2.75) is 70.1 Å². The number of nitrogens with one attached hydrogen (secondary N) is 3. The SMILES string of the molecule is O=C(NCCCC(=O)N1CCC[C@@H]1CNC(=O)c1ccc(Cl)nc1NCCC1CCCCO1)OCc1ccccc1. The Balaban J connectivity index is 1.17. The van der Waals surface area contributed by atoms with Crippen LogP contribution in [0.3, 0.4) is 0 Å². The standard InChI is InChI=1S/C30H40ClN5O5/c31-26-14-13-25(28(35-26)32-17-15-24-11-4-5-19-40-24)29(38)34-20-23-10-7-18-36(23)27(37)12-6-16-33-30(39)41-21-22-8-2-1-3-9-22/h1-3,8-9,13-14,23-24H,4-7,10-12,15-21H2,(H,32,35)(H,33,39)(H,34,38)/t23-,24?/m1/s1. The first-order valence-electron chi connectivity index (χ1n) is 14.5. The fourth-order valence-electron chi connectivity index (χ4n) is 5.17. The van der Waals surface area contributed by atoms with Gasteiger partial charge in [-0.25, -0.2) is 9.78 Å². The van der Waals surface area contributed by atoms with Crippen molar-refractivity contribution in [3.05, 3.63) is 58.7 Å².